The number of benzene rings is 1. The molecule has 0 aliphatic rings. The lowest BCUT2D eigenvalue weighted by Crippen LogP contribution is -2.03. The number of carbonyl (C=O) groups is 1. The minimum Gasteiger partial charge on any atom is -0.481 e. The average molecular weight is 245 g/mol. The molecule has 1 heterocycles. The van der Waals surface area contributed by atoms with Crippen LogP contribution in [-0.4, -0.2) is 16.1 Å². The van der Waals surface area contributed by atoms with Crippen LogP contribution in [-0.2, 0) is 11.2 Å². The van der Waals surface area contributed by atoms with Gasteiger partial charge in [0.2, 0.25) is 0 Å². The van der Waals surface area contributed by atoms with Gasteiger partial charge in [-0.3, -0.25) is 9.78 Å². The zero-order valence-electron chi connectivity index (χ0n) is 9.85. The molecule has 3 nitrogen and oxygen atoms in total. The van der Waals surface area contributed by atoms with Crippen LogP contribution >= 0.6 is 0 Å². The van der Waals surface area contributed by atoms with E-state index in [0.717, 1.165) is 16.8 Å². The highest BCUT2D eigenvalue weighted by Crippen LogP contribution is 2.22. The Morgan fingerprint density at radius 1 is 1.22 bits per heavy atom. The summed E-state index contributed by atoms with van der Waals surface area (Å²) in [7, 11) is 0. The van der Waals surface area contributed by atoms with Gasteiger partial charge in [-0.05, 0) is 30.7 Å². The second-order valence-corrected chi connectivity index (χ2v) is 4.01. The van der Waals surface area contributed by atoms with Crippen molar-refractivity contribution < 1.29 is 14.3 Å². The molecule has 0 spiro atoms. The zero-order valence-corrected chi connectivity index (χ0v) is 9.85. The van der Waals surface area contributed by atoms with E-state index in [9.17, 15) is 9.18 Å². The van der Waals surface area contributed by atoms with Gasteiger partial charge in [-0.25, -0.2) is 4.39 Å². The first kappa shape index (κ1) is 12.2. The number of aromatic nitrogens is 1. The molecular weight excluding hydrogens is 233 g/mol. The van der Waals surface area contributed by atoms with Crippen LogP contribution < -0.4 is 0 Å². The molecular formula is C14H12FNO2. The molecule has 0 unspecified atom stereocenters. The number of halogens is 1. The average Bonchev–Trinajstić information content (AvgIpc) is 2.30. The van der Waals surface area contributed by atoms with Gasteiger partial charge in [0.15, 0.2) is 0 Å². The van der Waals surface area contributed by atoms with Gasteiger partial charge in [0.1, 0.15) is 5.82 Å². The maximum absolute atomic E-state index is 12.8. The van der Waals surface area contributed by atoms with Gasteiger partial charge in [-0.1, -0.05) is 18.2 Å². The lowest BCUT2D eigenvalue weighted by Gasteiger charge is -2.07. The van der Waals surface area contributed by atoms with Crippen LogP contribution in [0.2, 0.25) is 0 Å². The Kier molecular flexibility index (Phi) is 3.37. The Labute approximate surface area is 104 Å². The molecule has 1 aromatic carbocycles. The van der Waals surface area contributed by atoms with Crippen molar-refractivity contribution in [2.75, 3.05) is 0 Å². The van der Waals surface area contributed by atoms with Gasteiger partial charge < -0.3 is 5.11 Å². The van der Waals surface area contributed by atoms with E-state index in [1.54, 1.807) is 18.2 Å². The highest BCUT2D eigenvalue weighted by Gasteiger charge is 2.07. The maximum Gasteiger partial charge on any atom is 0.309 e. The normalized spacial score (nSPS) is 10.3. The van der Waals surface area contributed by atoms with Crippen LogP contribution in [0.15, 0.2) is 36.4 Å². The molecule has 0 aliphatic carbocycles. The molecule has 0 radical (unpaired) electrons. The number of hydrogen-bond donors (Lipinski definition) is 1. The zero-order chi connectivity index (χ0) is 13.1. The lowest BCUT2D eigenvalue weighted by molar-refractivity contribution is -0.136. The number of carboxylic acid groups (broad SMARTS) is 1. The Morgan fingerprint density at radius 3 is 2.44 bits per heavy atom. The molecule has 0 saturated heterocycles. The van der Waals surface area contributed by atoms with Crippen LogP contribution in [0.1, 0.15) is 11.4 Å². The van der Waals surface area contributed by atoms with Gasteiger partial charge in [0.25, 0.3) is 0 Å². The number of rotatable bonds is 3. The summed E-state index contributed by atoms with van der Waals surface area (Å²) in [5.74, 6) is -1.19. The molecule has 18 heavy (non-hydrogen) atoms. The molecule has 0 fully saturated rings. The van der Waals surface area contributed by atoms with Crippen molar-refractivity contribution >= 4 is 5.97 Å². The minimum atomic E-state index is -0.906. The number of hydrogen-bond acceptors (Lipinski definition) is 2. The number of aliphatic carboxylic acids is 1. The minimum absolute atomic E-state index is 0.0927. The van der Waals surface area contributed by atoms with E-state index in [2.05, 4.69) is 4.98 Å². The Bertz CT molecular complexity index is 579. The van der Waals surface area contributed by atoms with Crippen LogP contribution in [0.4, 0.5) is 4.39 Å². The molecule has 0 saturated carbocycles. The summed E-state index contributed by atoms with van der Waals surface area (Å²) in [4.78, 5) is 14.8. The third kappa shape index (κ3) is 2.71. The fourth-order valence-corrected chi connectivity index (χ4v) is 1.80. The largest absolute Gasteiger partial charge is 0.481 e. The third-order valence-corrected chi connectivity index (χ3v) is 2.63. The third-order valence-electron chi connectivity index (χ3n) is 2.63. The van der Waals surface area contributed by atoms with Gasteiger partial charge in [0, 0.05) is 11.3 Å². The van der Waals surface area contributed by atoms with E-state index in [1.807, 2.05) is 13.0 Å². The first-order valence-electron chi connectivity index (χ1n) is 5.50. The fourth-order valence-electron chi connectivity index (χ4n) is 1.80. The SMILES string of the molecule is Cc1nc(CC(=O)O)ccc1-c1ccc(F)cc1. The molecule has 0 amide bonds. The van der Waals surface area contributed by atoms with Gasteiger partial charge in [-0.2, -0.15) is 0 Å². The lowest BCUT2D eigenvalue weighted by atomic mass is 10.0. The van der Waals surface area contributed by atoms with Crippen molar-refractivity contribution in [1.82, 2.24) is 4.98 Å². The Hall–Kier alpha value is -2.23. The van der Waals surface area contributed by atoms with Crippen molar-refractivity contribution in [2.45, 2.75) is 13.3 Å². The van der Waals surface area contributed by atoms with Crippen molar-refractivity contribution in [3.63, 3.8) is 0 Å². The number of nitrogens with zero attached hydrogens (tertiary/aromatic N) is 1. The topological polar surface area (TPSA) is 50.2 Å². The molecule has 1 aromatic heterocycles. The molecule has 1 N–H and O–H groups in total. The van der Waals surface area contributed by atoms with Gasteiger partial charge >= 0.3 is 5.97 Å². The fraction of sp³-hybridized carbons (Fsp3) is 0.143. The second kappa shape index (κ2) is 4.96. The predicted molar refractivity (Wildman–Crippen MR) is 65.7 cm³/mol. The highest BCUT2D eigenvalue weighted by atomic mass is 19.1. The van der Waals surface area contributed by atoms with Gasteiger partial charge in [-0.15, -0.1) is 0 Å². The van der Waals surface area contributed by atoms with E-state index in [-0.39, 0.29) is 12.2 Å². The summed E-state index contributed by atoms with van der Waals surface area (Å²) in [6.45, 7) is 1.81. The molecule has 0 bridgehead atoms. The van der Waals surface area contributed by atoms with E-state index in [0.29, 0.717) is 5.69 Å². The van der Waals surface area contributed by atoms with Crippen molar-refractivity contribution in [3.05, 3.63) is 53.6 Å². The van der Waals surface area contributed by atoms with Crippen molar-refractivity contribution in [3.8, 4) is 11.1 Å². The number of aryl methyl sites for hydroxylation is 1. The summed E-state index contributed by atoms with van der Waals surface area (Å²) < 4.78 is 12.8. The summed E-state index contributed by atoms with van der Waals surface area (Å²) in [6.07, 6.45) is -0.0927. The molecule has 92 valence electrons. The van der Waals surface area contributed by atoms with Crippen molar-refractivity contribution in [1.29, 1.82) is 0 Å². The number of carboxylic acids is 1. The first-order valence-corrected chi connectivity index (χ1v) is 5.50. The Morgan fingerprint density at radius 2 is 1.89 bits per heavy atom. The summed E-state index contributed by atoms with van der Waals surface area (Å²) >= 11 is 0. The van der Waals surface area contributed by atoms with Crippen molar-refractivity contribution in [2.24, 2.45) is 0 Å². The van der Waals surface area contributed by atoms with Gasteiger partial charge in [0.05, 0.1) is 12.1 Å². The quantitative estimate of drug-likeness (QED) is 0.904. The predicted octanol–water partition coefficient (Wildman–Crippen LogP) is 2.82. The van der Waals surface area contributed by atoms with Crippen LogP contribution in [0.5, 0.6) is 0 Å². The summed E-state index contributed by atoms with van der Waals surface area (Å²) in [6, 6.07) is 9.62. The highest BCUT2D eigenvalue weighted by molar-refractivity contribution is 5.70. The smallest absolute Gasteiger partial charge is 0.309 e. The summed E-state index contributed by atoms with van der Waals surface area (Å²) in [5.41, 5.74) is 3.00. The molecule has 0 atom stereocenters. The summed E-state index contributed by atoms with van der Waals surface area (Å²) in [5, 5.41) is 8.69. The van der Waals surface area contributed by atoms with Crippen LogP contribution in [0, 0.1) is 12.7 Å². The van der Waals surface area contributed by atoms with Crippen LogP contribution in [0.3, 0.4) is 0 Å². The second-order valence-electron chi connectivity index (χ2n) is 4.01. The molecule has 2 rings (SSSR count). The maximum atomic E-state index is 12.8. The first-order chi connectivity index (χ1) is 8.56. The van der Waals surface area contributed by atoms with Crippen LogP contribution in [0.25, 0.3) is 11.1 Å². The molecule has 4 heteroatoms. The molecule has 2 aromatic rings. The Balaban J connectivity index is 2.35. The van der Waals surface area contributed by atoms with E-state index >= 15 is 0 Å². The van der Waals surface area contributed by atoms with E-state index in [1.165, 1.54) is 12.1 Å². The van der Waals surface area contributed by atoms with E-state index in [4.69, 9.17) is 5.11 Å². The number of pyridine rings is 1. The monoisotopic (exact) mass is 245 g/mol. The van der Waals surface area contributed by atoms with E-state index < -0.39 is 5.97 Å². The standard InChI is InChI=1S/C14H12FNO2/c1-9-13(10-2-4-11(15)5-3-10)7-6-12(16-9)8-14(17)18/h2-7H,8H2,1H3,(H,17,18). The molecule has 0 aliphatic heterocycles.